The van der Waals surface area contributed by atoms with E-state index in [0.717, 1.165) is 26.2 Å². The Balaban J connectivity index is 2.05. The molecule has 3 heteroatoms. The zero-order chi connectivity index (χ0) is 12.1. The fourth-order valence-corrected chi connectivity index (χ4v) is 3.80. The van der Waals surface area contributed by atoms with Gasteiger partial charge in [0.05, 0.1) is 0 Å². The van der Waals surface area contributed by atoms with Gasteiger partial charge in [-0.05, 0) is 50.3 Å². The van der Waals surface area contributed by atoms with Gasteiger partial charge in [0.25, 0.3) is 0 Å². The SMILES string of the molecule is CCc1ccc(CC2(CNC)CCOCC2)s1. The number of ether oxygens (including phenoxy) is 1. The number of thiophene rings is 1. The minimum atomic E-state index is 0.420. The van der Waals surface area contributed by atoms with E-state index >= 15 is 0 Å². The number of nitrogens with one attached hydrogen (secondary N) is 1. The van der Waals surface area contributed by atoms with E-state index in [2.05, 4.69) is 31.4 Å². The molecule has 0 radical (unpaired) electrons. The van der Waals surface area contributed by atoms with Crippen LogP contribution < -0.4 is 5.32 Å². The monoisotopic (exact) mass is 253 g/mol. The molecule has 0 unspecified atom stereocenters. The van der Waals surface area contributed by atoms with Crippen molar-refractivity contribution in [3.05, 3.63) is 21.9 Å². The van der Waals surface area contributed by atoms with Crippen molar-refractivity contribution in [3.8, 4) is 0 Å². The molecule has 17 heavy (non-hydrogen) atoms. The molecule has 96 valence electrons. The van der Waals surface area contributed by atoms with Crippen LogP contribution >= 0.6 is 11.3 Å². The quantitative estimate of drug-likeness (QED) is 0.871. The Morgan fingerprint density at radius 3 is 2.59 bits per heavy atom. The molecule has 2 heterocycles. The molecule has 1 N–H and O–H groups in total. The van der Waals surface area contributed by atoms with Gasteiger partial charge in [-0.2, -0.15) is 0 Å². The summed E-state index contributed by atoms with van der Waals surface area (Å²) in [6.07, 6.45) is 4.75. The molecule has 2 nitrogen and oxygen atoms in total. The van der Waals surface area contributed by atoms with E-state index in [4.69, 9.17) is 4.74 Å². The second kappa shape index (κ2) is 5.98. The molecule has 0 atom stereocenters. The van der Waals surface area contributed by atoms with Gasteiger partial charge in [-0.25, -0.2) is 0 Å². The molecule has 1 aromatic rings. The lowest BCUT2D eigenvalue weighted by Gasteiger charge is -2.37. The molecular weight excluding hydrogens is 230 g/mol. The van der Waals surface area contributed by atoms with Crippen molar-refractivity contribution in [1.29, 1.82) is 0 Å². The molecule has 1 aliphatic rings. The summed E-state index contributed by atoms with van der Waals surface area (Å²) in [6, 6.07) is 4.60. The number of aryl methyl sites for hydroxylation is 1. The zero-order valence-corrected chi connectivity index (χ0v) is 11.7. The summed E-state index contributed by atoms with van der Waals surface area (Å²) >= 11 is 1.98. The summed E-state index contributed by atoms with van der Waals surface area (Å²) in [5.74, 6) is 0. The van der Waals surface area contributed by atoms with Crippen molar-refractivity contribution in [1.82, 2.24) is 5.32 Å². The third kappa shape index (κ3) is 3.30. The fraction of sp³-hybridized carbons (Fsp3) is 0.714. The van der Waals surface area contributed by atoms with Crippen molar-refractivity contribution >= 4 is 11.3 Å². The Kier molecular flexibility index (Phi) is 4.60. The van der Waals surface area contributed by atoms with E-state index in [1.54, 1.807) is 4.88 Å². The topological polar surface area (TPSA) is 21.3 Å². The van der Waals surface area contributed by atoms with Crippen LogP contribution in [0.3, 0.4) is 0 Å². The van der Waals surface area contributed by atoms with Gasteiger partial charge in [-0.3, -0.25) is 0 Å². The van der Waals surface area contributed by atoms with Gasteiger partial charge in [-0.15, -0.1) is 11.3 Å². The summed E-state index contributed by atoms with van der Waals surface area (Å²) in [7, 11) is 2.06. The highest BCUT2D eigenvalue weighted by Gasteiger charge is 2.32. The van der Waals surface area contributed by atoms with Gasteiger partial charge in [-0.1, -0.05) is 6.92 Å². The van der Waals surface area contributed by atoms with Crippen LogP contribution in [0.1, 0.15) is 29.5 Å². The molecule has 0 spiro atoms. The lowest BCUT2D eigenvalue weighted by molar-refractivity contribution is 0.0162. The average molecular weight is 253 g/mol. The fourth-order valence-electron chi connectivity index (χ4n) is 2.67. The lowest BCUT2D eigenvalue weighted by atomic mass is 9.77. The van der Waals surface area contributed by atoms with Gasteiger partial charge in [0.1, 0.15) is 0 Å². The molecule has 0 aromatic carbocycles. The van der Waals surface area contributed by atoms with E-state index in [1.165, 1.54) is 24.1 Å². The number of hydrogen-bond acceptors (Lipinski definition) is 3. The first-order valence-electron chi connectivity index (χ1n) is 6.58. The van der Waals surface area contributed by atoms with Crippen LogP contribution in [0.2, 0.25) is 0 Å². The molecule has 1 aromatic heterocycles. The predicted octanol–water partition coefficient (Wildman–Crippen LogP) is 2.87. The van der Waals surface area contributed by atoms with E-state index in [0.29, 0.717) is 5.41 Å². The first-order valence-corrected chi connectivity index (χ1v) is 7.39. The van der Waals surface area contributed by atoms with Gasteiger partial charge in [0, 0.05) is 29.5 Å². The Labute approximate surface area is 108 Å². The van der Waals surface area contributed by atoms with Gasteiger partial charge < -0.3 is 10.1 Å². The lowest BCUT2D eigenvalue weighted by Crippen LogP contribution is -2.39. The summed E-state index contributed by atoms with van der Waals surface area (Å²) in [4.78, 5) is 3.05. The summed E-state index contributed by atoms with van der Waals surface area (Å²) in [5.41, 5.74) is 0.420. The molecule has 0 aliphatic carbocycles. The predicted molar refractivity (Wildman–Crippen MR) is 73.8 cm³/mol. The molecule has 1 aliphatic heterocycles. The summed E-state index contributed by atoms with van der Waals surface area (Å²) in [6.45, 7) is 5.19. The minimum absolute atomic E-state index is 0.420. The van der Waals surface area contributed by atoms with Crippen LogP contribution in [0.15, 0.2) is 12.1 Å². The minimum Gasteiger partial charge on any atom is -0.381 e. The van der Waals surface area contributed by atoms with E-state index in [9.17, 15) is 0 Å². The molecule has 0 saturated carbocycles. The molecule has 2 rings (SSSR count). The Hall–Kier alpha value is -0.380. The number of hydrogen-bond donors (Lipinski definition) is 1. The second-order valence-corrected chi connectivity index (χ2v) is 6.29. The third-order valence-electron chi connectivity index (χ3n) is 3.72. The highest BCUT2D eigenvalue weighted by Crippen LogP contribution is 2.35. The van der Waals surface area contributed by atoms with Crippen LogP contribution in [0.4, 0.5) is 0 Å². The second-order valence-electron chi connectivity index (χ2n) is 5.04. The van der Waals surface area contributed by atoms with Crippen molar-refractivity contribution in [3.63, 3.8) is 0 Å². The van der Waals surface area contributed by atoms with Crippen molar-refractivity contribution in [2.45, 2.75) is 32.6 Å². The van der Waals surface area contributed by atoms with Crippen LogP contribution in [0.5, 0.6) is 0 Å². The van der Waals surface area contributed by atoms with Gasteiger partial charge >= 0.3 is 0 Å². The zero-order valence-electron chi connectivity index (χ0n) is 10.9. The van der Waals surface area contributed by atoms with Crippen LogP contribution in [0.25, 0.3) is 0 Å². The molecule has 1 fully saturated rings. The van der Waals surface area contributed by atoms with Crippen LogP contribution in [-0.4, -0.2) is 26.8 Å². The first kappa shape index (κ1) is 13.1. The Bertz CT molecular complexity index is 336. The Morgan fingerprint density at radius 1 is 1.29 bits per heavy atom. The summed E-state index contributed by atoms with van der Waals surface area (Å²) < 4.78 is 5.51. The van der Waals surface area contributed by atoms with E-state index < -0.39 is 0 Å². The molecule has 0 bridgehead atoms. The van der Waals surface area contributed by atoms with Crippen LogP contribution in [-0.2, 0) is 17.6 Å². The number of rotatable bonds is 5. The van der Waals surface area contributed by atoms with Crippen molar-refractivity contribution in [2.24, 2.45) is 5.41 Å². The third-order valence-corrected chi connectivity index (χ3v) is 4.95. The maximum absolute atomic E-state index is 5.51. The van der Waals surface area contributed by atoms with Crippen LogP contribution in [0, 0.1) is 5.41 Å². The first-order chi connectivity index (χ1) is 8.28. The standard InChI is InChI=1S/C14H23NOS/c1-3-12-4-5-13(17-12)10-14(11-15-2)6-8-16-9-7-14/h4-5,15H,3,6-11H2,1-2H3. The van der Waals surface area contributed by atoms with Gasteiger partial charge in [0.2, 0.25) is 0 Å². The van der Waals surface area contributed by atoms with E-state index in [-0.39, 0.29) is 0 Å². The van der Waals surface area contributed by atoms with Crippen molar-refractivity contribution < 1.29 is 4.74 Å². The maximum atomic E-state index is 5.51. The highest BCUT2D eigenvalue weighted by molar-refractivity contribution is 7.11. The largest absolute Gasteiger partial charge is 0.381 e. The Morgan fingerprint density at radius 2 is 2.00 bits per heavy atom. The molecular formula is C14H23NOS. The van der Waals surface area contributed by atoms with Crippen molar-refractivity contribution in [2.75, 3.05) is 26.8 Å². The normalized spacial score (nSPS) is 19.4. The molecule has 0 amide bonds. The highest BCUT2D eigenvalue weighted by atomic mass is 32.1. The van der Waals surface area contributed by atoms with E-state index in [1.807, 2.05) is 11.3 Å². The average Bonchev–Trinajstić information content (AvgIpc) is 2.78. The smallest absolute Gasteiger partial charge is 0.0471 e. The maximum Gasteiger partial charge on any atom is 0.0471 e. The molecule has 1 saturated heterocycles. The van der Waals surface area contributed by atoms with Gasteiger partial charge in [0.15, 0.2) is 0 Å². The summed E-state index contributed by atoms with van der Waals surface area (Å²) in [5, 5.41) is 3.37.